The van der Waals surface area contributed by atoms with Crippen molar-refractivity contribution in [3.8, 4) is 0 Å². The Labute approximate surface area is 109 Å². The monoisotopic (exact) mass is 273 g/mol. The van der Waals surface area contributed by atoms with Gasteiger partial charge in [-0.05, 0) is 18.6 Å². The zero-order valence-electron chi connectivity index (χ0n) is 9.11. The van der Waals surface area contributed by atoms with Crippen LogP contribution in [-0.4, -0.2) is 22.8 Å². The van der Waals surface area contributed by atoms with Crippen molar-refractivity contribution in [2.24, 2.45) is 5.73 Å². The summed E-state index contributed by atoms with van der Waals surface area (Å²) in [7, 11) is 0. The number of carbonyl (C=O) groups excluding carboxylic acids is 2. The van der Waals surface area contributed by atoms with Crippen molar-refractivity contribution < 1.29 is 9.59 Å². The topological polar surface area (TPSA) is 75.4 Å². The highest BCUT2D eigenvalue weighted by atomic mass is 35.5. The Bertz CT molecular complexity index is 433. The summed E-state index contributed by atoms with van der Waals surface area (Å²) < 4.78 is 0.880. The molecule has 0 aromatic heterocycles. The van der Waals surface area contributed by atoms with Crippen LogP contribution in [0.15, 0.2) is 18.2 Å². The van der Waals surface area contributed by atoms with Gasteiger partial charge in [0.25, 0.3) is 0 Å². The lowest BCUT2D eigenvalue weighted by Gasteiger charge is -2.16. The lowest BCUT2D eigenvalue weighted by molar-refractivity contribution is -0.117. The predicted octanol–water partition coefficient (Wildman–Crippen LogP) is 1.81. The van der Waals surface area contributed by atoms with E-state index in [1.807, 2.05) is 0 Å². The molecule has 5 nitrogen and oxygen atoms in total. The highest BCUT2D eigenvalue weighted by Gasteiger charge is 2.14. The Balaban J connectivity index is 2.78. The van der Waals surface area contributed by atoms with E-state index in [0.29, 0.717) is 10.7 Å². The SMILES string of the molecule is Cc1cccc(Cl)c1NC(=O)N(S)CC(N)=O. The summed E-state index contributed by atoms with van der Waals surface area (Å²) in [5.74, 6) is -0.647. The van der Waals surface area contributed by atoms with Crippen LogP contribution >= 0.6 is 24.4 Å². The molecule has 0 radical (unpaired) electrons. The van der Waals surface area contributed by atoms with Gasteiger partial charge in [-0.2, -0.15) is 0 Å². The summed E-state index contributed by atoms with van der Waals surface area (Å²) in [6, 6.07) is 4.66. The number of nitrogens with one attached hydrogen (secondary N) is 1. The zero-order chi connectivity index (χ0) is 13.0. The van der Waals surface area contributed by atoms with Crippen molar-refractivity contribution in [2.45, 2.75) is 6.92 Å². The van der Waals surface area contributed by atoms with E-state index in [2.05, 4.69) is 18.1 Å². The van der Waals surface area contributed by atoms with Gasteiger partial charge in [-0.3, -0.25) is 9.10 Å². The molecule has 3 N–H and O–H groups in total. The van der Waals surface area contributed by atoms with E-state index in [1.165, 1.54) is 0 Å². The van der Waals surface area contributed by atoms with Gasteiger partial charge in [0.1, 0.15) is 6.54 Å². The summed E-state index contributed by atoms with van der Waals surface area (Å²) in [5.41, 5.74) is 6.25. The first-order valence-electron chi connectivity index (χ1n) is 4.72. The number of amides is 3. The van der Waals surface area contributed by atoms with Crippen LogP contribution in [0, 0.1) is 6.92 Å². The molecule has 0 saturated heterocycles. The van der Waals surface area contributed by atoms with Gasteiger partial charge in [-0.25, -0.2) is 4.79 Å². The van der Waals surface area contributed by atoms with Crippen LogP contribution in [0.3, 0.4) is 0 Å². The third kappa shape index (κ3) is 3.83. The average molecular weight is 274 g/mol. The summed E-state index contributed by atoms with van der Waals surface area (Å²) in [6.07, 6.45) is 0. The molecular formula is C10H12ClN3O2S. The van der Waals surface area contributed by atoms with Crippen LogP contribution in [0.1, 0.15) is 5.56 Å². The molecule has 1 rings (SSSR count). The maximum Gasteiger partial charge on any atom is 0.332 e. The number of nitrogens with zero attached hydrogens (tertiary/aromatic N) is 1. The second-order valence-corrected chi connectivity index (χ2v) is 4.28. The molecule has 0 saturated carbocycles. The minimum absolute atomic E-state index is 0.279. The fourth-order valence-corrected chi connectivity index (χ4v) is 1.64. The Morgan fingerprint density at radius 3 is 2.71 bits per heavy atom. The Morgan fingerprint density at radius 2 is 2.18 bits per heavy atom. The molecule has 1 aromatic carbocycles. The molecule has 0 aliphatic heterocycles. The number of thiol groups is 1. The standard InChI is InChI=1S/C10H12ClN3O2S/c1-6-3-2-4-7(11)9(6)13-10(16)14(17)5-8(12)15/h2-4,17H,5H2,1H3,(H2,12,15)(H,13,16). The molecular weight excluding hydrogens is 262 g/mol. The molecule has 7 heteroatoms. The van der Waals surface area contributed by atoms with E-state index in [0.717, 1.165) is 9.87 Å². The zero-order valence-corrected chi connectivity index (χ0v) is 10.8. The fraction of sp³-hybridized carbons (Fsp3) is 0.200. The van der Waals surface area contributed by atoms with E-state index in [-0.39, 0.29) is 6.54 Å². The van der Waals surface area contributed by atoms with Crippen LogP contribution in [0.5, 0.6) is 0 Å². The van der Waals surface area contributed by atoms with E-state index in [4.69, 9.17) is 17.3 Å². The first-order chi connectivity index (χ1) is 7.91. The van der Waals surface area contributed by atoms with Crippen molar-refractivity contribution in [1.29, 1.82) is 0 Å². The van der Waals surface area contributed by atoms with Crippen molar-refractivity contribution in [3.63, 3.8) is 0 Å². The number of benzene rings is 1. The van der Waals surface area contributed by atoms with Crippen LogP contribution in [0.2, 0.25) is 5.02 Å². The Hall–Kier alpha value is -1.40. The molecule has 92 valence electrons. The van der Waals surface area contributed by atoms with Gasteiger partial charge in [0, 0.05) is 0 Å². The van der Waals surface area contributed by atoms with Gasteiger partial charge >= 0.3 is 6.03 Å². The highest BCUT2D eigenvalue weighted by molar-refractivity contribution is 7.78. The van der Waals surface area contributed by atoms with Crippen molar-refractivity contribution in [1.82, 2.24) is 4.31 Å². The molecule has 0 unspecified atom stereocenters. The summed E-state index contributed by atoms with van der Waals surface area (Å²) in [4.78, 5) is 22.3. The lowest BCUT2D eigenvalue weighted by Crippen LogP contribution is -2.34. The molecule has 0 atom stereocenters. The van der Waals surface area contributed by atoms with Gasteiger partial charge in [0.05, 0.1) is 10.7 Å². The van der Waals surface area contributed by atoms with E-state index >= 15 is 0 Å². The van der Waals surface area contributed by atoms with Crippen LogP contribution < -0.4 is 11.1 Å². The summed E-state index contributed by atoms with van der Waals surface area (Å²) in [6.45, 7) is 1.52. The molecule has 0 aliphatic carbocycles. The van der Waals surface area contributed by atoms with E-state index in [1.54, 1.807) is 25.1 Å². The third-order valence-electron chi connectivity index (χ3n) is 1.99. The normalized spacial score (nSPS) is 9.82. The Kier molecular flexibility index (Phi) is 4.65. The molecule has 0 fully saturated rings. The average Bonchev–Trinajstić information content (AvgIpc) is 2.22. The first kappa shape index (κ1) is 13.7. The minimum atomic E-state index is -0.647. The van der Waals surface area contributed by atoms with Gasteiger partial charge < -0.3 is 11.1 Å². The van der Waals surface area contributed by atoms with Crippen LogP contribution in [0.4, 0.5) is 10.5 Å². The van der Waals surface area contributed by atoms with Gasteiger partial charge in [0.2, 0.25) is 5.91 Å². The number of primary amides is 1. The van der Waals surface area contributed by atoms with Crippen molar-refractivity contribution in [2.75, 3.05) is 11.9 Å². The summed E-state index contributed by atoms with van der Waals surface area (Å²) >= 11 is 9.77. The Morgan fingerprint density at radius 1 is 1.53 bits per heavy atom. The number of nitrogens with two attached hydrogens (primary N) is 1. The number of aryl methyl sites for hydroxylation is 1. The molecule has 17 heavy (non-hydrogen) atoms. The predicted molar refractivity (Wildman–Crippen MR) is 70.1 cm³/mol. The summed E-state index contributed by atoms with van der Waals surface area (Å²) in [5, 5.41) is 2.97. The number of carbonyl (C=O) groups is 2. The largest absolute Gasteiger partial charge is 0.368 e. The molecule has 1 aromatic rings. The van der Waals surface area contributed by atoms with E-state index < -0.39 is 11.9 Å². The van der Waals surface area contributed by atoms with Gasteiger partial charge in [0.15, 0.2) is 0 Å². The number of anilines is 1. The molecule has 0 spiro atoms. The smallest absolute Gasteiger partial charge is 0.332 e. The molecule has 0 heterocycles. The number of hydrogen-bond donors (Lipinski definition) is 3. The van der Waals surface area contributed by atoms with Gasteiger partial charge in [-0.1, -0.05) is 36.5 Å². The fourth-order valence-electron chi connectivity index (χ4n) is 1.18. The maximum absolute atomic E-state index is 11.6. The second-order valence-electron chi connectivity index (χ2n) is 3.39. The number of rotatable bonds is 3. The quantitative estimate of drug-likeness (QED) is 0.735. The van der Waals surface area contributed by atoms with Crippen molar-refractivity contribution >= 4 is 42.0 Å². The lowest BCUT2D eigenvalue weighted by atomic mass is 10.2. The number of urea groups is 1. The molecule has 0 aliphatic rings. The van der Waals surface area contributed by atoms with Gasteiger partial charge in [-0.15, -0.1) is 0 Å². The van der Waals surface area contributed by atoms with Crippen LogP contribution in [0.25, 0.3) is 0 Å². The van der Waals surface area contributed by atoms with Crippen molar-refractivity contribution in [3.05, 3.63) is 28.8 Å². The molecule has 3 amide bonds. The number of hydrogen-bond acceptors (Lipinski definition) is 3. The van der Waals surface area contributed by atoms with Crippen LogP contribution in [-0.2, 0) is 4.79 Å². The maximum atomic E-state index is 11.6. The van der Waals surface area contributed by atoms with E-state index in [9.17, 15) is 9.59 Å². The number of halogens is 1. The first-order valence-corrected chi connectivity index (χ1v) is 5.50. The second kappa shape index (κ2) is 5.79. The third-order valence-corrected chi connectivity index (χ3v) is 2.63. The molecule has 0 bridgehead atoms. The highest BCUT2D eigenvalue weighted by Crippen LogP contribution is 2.25. The number of para-hydroxylation sites is 1. The minimum Gasteiger partial charge on any atom is -0.368 e.